The lowest BCUT2D eigenvalue weighted by molar-refractivity contribution is 0.0736. The molecule has 0 heterocycles. The van der Waals surface area contributed by atoms with Crippen LogP contribution in [0.3, 0.4) is 0 Å². The Morgan fingerprint density at radius 3 is 2.60 bits per heavy atom. The second-order valence-electron chi connectivity index (χ2n) is 2.90. The van der Waals surface area contributed by atoms with Gasteiger partial charge in [0.05, 0.1) is 25.6 Å². The van der Waals surface area contributed by atoms with Crippen LogP contribution < -0.4 is 4.72 Å². The smallest absolute Gasteiger partial charge is 0.211 e. The molecule has 7 heteroatoms. The quantitative estimate of drug-likeness (QED) is 0.477. The molecule has 0 saturated heterocycles. The molecule has 0 aliphatic rings. The fraction of sp³-hybridized carbons (Fsp3) is 1.00. The van der Waals surface area contributed by atoms with Crippen molar-refractivity contribution in [2.24, 2.45) is 0 Å². The zero-order valence-electron chi connectivity index (χ0n) is 8.94. The van der Waals surface area contributed by atoms with Gasteiger partial charge in [-0.3, -0.25) is 0 Å². The Kier molecular flexibility index (Phi) is 8.92. The van der Waals surface area contributed by atoms with Crippen molar-refractivity contribution in [3.05, 3.63) is 0 Å². The van der Waals surface area contributed by atoms with E-state index in [2.05, 4.69) is 4.72 Å². The largest absolute Gasteiger partial charge is 0.396 e. The number of nitrogens with one attached hydrogen (secondary N) is 1. The molecule has 0 bridgehead atoms. The number of ether oxygens (including phenoxy) is 2. The van der Waals surface area contributed by atoms with Gasteiger partial charge < -0.3 is 14.6 Å². The van der Waals surface area contributed by atoms with Crippen molar-refractivity contribution < 1.29 is 23.0 Å². The summed E-state index contributed by atoms with van der Waals surface area (Å²) in [6.45, 7) is 1.40. The summed E-state index contributed by atoms with van der Waals surface area (Å²) in [5, 5.41) is 8.47. The third-order valence-electron chi connectivity index (χ3n) is 1.57. The molecule has 0 aliphatic carbocycles. The molecule has 0 aliphatic heterocycles. The van der Waals surface area contributed by atoms with Gasteiger partial charge in [0.15, 0.2) is 0 Å². The van der Waals surface area contributed by atoms with Crippen molar-refractivity contribution in [1.82, 2.24) is 4.72 Å². The van der Waals surface area contributed by atoms with E-state index in [4.69, 9.17) is 14.6 Å². The van der Waals surface area contributed by atoms with E-state index in [0.717, 1.165) is 0 Å². The predicted octanol–water partition coefficient (Wildman–Crippen LogP) is -1.05. The monoisotopic (exact) mass is 241 g/mol. The predicted molar refractivity (Wildman–Crippen MR) is 56.2 cm³/mol. The molecule has 6 nitrogen and oxygen atoms in total. The first kappa shape index (κ1) is 14.8. The van der Waals surface area contributed by atoms with Gasteiger partial charge in [-0.2, -0.15) is 0 Å². The van der Waals surface area contributed by atoms with Crippen molar-refractivity contribution in [2.75, 3.05) is 45.8 Å². The molecule has 0 fully saturated rings. The van der Waals surface area contributed by atoms with Crippen LogP contribution in [0.1, 0.15) is 6.42 Å². The lowest BCUT2D eigenvalue weighted by atomic mass is 10.5. The zero-order valence-corrected chi connectivity index (χ0v) is 9.75. The number of hydrogen-bond acceptors (Lipinski definition) is 5. The average Bonchev–Trinajstić information content (AvgIpc) is 2.20. The summed E-state index contributed by atoms with van der Waals surface area (Å²) in [6.07, 6.45) is 0.250. The van der Waals surface area contributed by atoms with Gasteiger partial charge in [0, 0.05) is 20.3 Å². The Morgan fingerprint density at radius 1 is 1.27 bits per heavy atom. The summed E-state index contributed by atoms with van der Waals surface area (Å²) < 4.78 is 34.5. The first-order valence-electron chi connectivity index (χ1n) is 4.77. The topological polar surface area (TPSA) is 84.9 Å². The van der Waals surface area contributed by atoms with Crippen LogP contribution >= 0.6 is 0 Å². The van der Waals surface area contributed by atoms with Crippen molar-refractivity contribution in [3.63, 3.8) is 0 Å². The fourth-order valence-corrected chi connectivity index (χ4v) is 1.89. The van der Waals surface area contributed by atoms with Gasteiger partial charge in [-0.15, -0.1) is 0 Å². The maximum atomic E-state index is 11.2. The van der Waals surface area contributed by atoms with Crippen LogP contribution in [-0.2, 0) is 19.5 Å². The highest BCUT2D eigenvalue weighted by Gasteiger charge is 2.07. The molecule has 2 N–H and O–H groups in total. The molecule has 0 amide bonds. The second-order valence-corrected chi connectivity index (χ2v) is 4.82. The normalized spacial score (nSPS) is 11.9. The lowest BCUT2D eigenvalue weighted by Crippen LogP contribution is -2.30. The summed E-state index contributed by atoms with van der Waals surface area (Å²) in [7, 11) is -1.69. The van der Waals surface area contributed by atoms with E-state index >= 15 is 0 Å². The van der Waals surface area contributed by atoms with E-state index in [1.54, 1.807) is 7.11 Å². The van der Waals surface area contributed by atoms with Crippen molar-refractivity contribution in [3.8, 4) is 0 Å². The Bertz CT molecular complexity index is 229. The van der Waals surface area contributed by atoms with Gasteiger partial charge in [0.2, 0.25) is 10.0 Å². The molecule has 15 heavy (non-hydrogen) atoms. The molecule has 0 atom stereocenters. The van der Waals surface area contributed by atoms with Crippen LogP contribution in [-0.4, -0.2) is 59.4 Å². The van der Waals surface area contributed by atoms with Gasteiger partial charge in [0.1, 0.15) is 0 Å². The number of aliphatic hydroxyl groups is 1. The molecule has 0 aromatic carbocycles. The lowest BCUT2D eigenvalue weighted by Gasteiger charge is -2.06. The summed E-state index contributed by atoms with van der Waals surface area (Å²) in [6, 6.07) is 0. The van der Waals surface area contributed by atoms with Gasteiger partial charge in [0.25, 0.3) is 0 Å². The molecular formula is C8H19NO5S. The van der Waals surface area contributed by atoms with Crippen LogP contribution in [0.15, 0.2) is 0 Å². The minimum absolute atomic E-state index is 0.0540. The van der Waals surface area contributed by atoms with Crippen LogP contribution in [0.4, 0.5) is 0 Å². The maximum absolute atomic E-state index is 11.2. The summed E-state index contributed by atoms with van der Waals surface area (Å²) in [5.74, 6) is -0.0540. The Morgan fingerprint density at radius 2 is 2.00 bits per heavy atom. The Balaban J connectivity index is 3.41. The molecule has 0 spiro atoms. The van der Waals surface area contributed by atoms with Gasteiger partial charge in [-0.05, 0) is 6.42 Å². The van der Waals surface area contributed by atoms with Crippen molar-refractivity contribution in [2.45, 2.75) is 6.42 Å². The Labute approximate surface area is 90.6 Å². The van der Waals surface area contributed by atoms with Gasteiger partial charge in [-0.1, -0.05) is 0 Å². The van der Waals surface area contributed by atoms with Gasteiger partial charge in [-0.25, -0.2) is 13.1 Å². The minimum Gasteiger partial charge on any atom is -0.396 e. The molecule has 0 rings (SSSR count). The Hall–Kier alpha value is -0.210. The van der Waals surface area contributed by atoms with E-state index in [1.807, 2.05) is 0 Å². The van der Waals surface area contributed by atoms with E-state index in [0.29, 0.717) is 19.8 Å². The zero-order chi connectivity index (χ0) is 11.6. The summed E-state index contributed by atoms with van der Waals surface area (Å²) in [4.78, 5) is 0. The van der Waals surface area contributed by atoms with Gasteiger partial charge >= 0.3 is 0 Å². The summed E-state index contributed by atoms with van der Waals surface area (Å²) in [5.41, 5.74) is 0. The fourth-order valence-electron chi connectivity index (χ4n) is 0.840. The second kappa shape index (κ2) is 9.05. The van der Waals surface area contributed by atoms with Crippen LogP contribution in [0.2, 0.25) is 0 Å². The first-order chi connectivity index (χ1) is 7.12. The number of rotatable bonds is 10. The van der Waals surface area contributed by atoms with Crippen LogP contribution in [0, 0.1) is 0 Å². The number of aliphatic hydroxyl groups excluding tert-OH is 1. The molecule has 0 radical (unpaired) electrons. The SMILES string of the molecule is COCCOCCNS(=O)(=O)CCCO. The van der Waals surface area contributed by atoms with E-state index in [-0.39, 0.29) is 25.3 Å². The van der Waals surface area contributed by atoms with Crippen molar-refractivity contribution in [1.29, 1.82) is 0 Å². The molecular weight excluding hydrogens is 222 g/mol. The van der Waals surface area contributed by atoms with E-state index in [1.165, 1.54) is 0 Å². The highest BCUT2D eigenvalue weighted by atomic mass is 32.2. The third-order valence-corrected chi connectivity index (χ3v) is 3.04. The van der Waals surface area contributed by atoms with Crippen LogP contribution in [0.25, 0.3) is 0 Å². The number of hydrogen-bond donors (Lipinski definition) is 2. The molecule has 0 aromatic rings. The van der Waals surface area contributed by atoms with Crippen LogP contribution in [0.5, 0.6) is 0 Å². The molecule has 0 unspecified atom stereocenters. The first-order valence-corrected chi connectivity index (χ1v) is 6.42. The van der Waals surface area contributed by atoms with E-state index in [9.17, 15) is 8.42 Å². The van der Waals surface area contributed by atoms with E-state index < -0.39 is 10.0 Å². The summed E-state index contributed by atoms with van der Waals surface area (Å²) >= 11 is 0. The number of sulfonamides is 1. The minimum atomic E-state index is -3.26. The molecule has 0 saturated carbocycles. The highest BCUT2D eigenvalue weighted by molar-refractivity contribution is 7.89. The molecule has 0 aromatic heterocycles. The van der Waals surface area contributed by atoms with Crippen molar-refractivity contribution >= 4 is 10.0 Å². The average molecular weight is 241 g/mol. The standard InChI is InChI=1S/C8H19NO5S/c1-13-6-7-14-5-3-9-15(11,12)8-2-4-10/h9-10H,2-8H2,1H3. The number of methoxy groups -OCH3 is 1. The maximum Gasteiger partial charge on any atom is 0.211 e. The molecule has 92 valence electrons. The third kappa shape index (κ3) is 10.1. The highest BCUT2D eigenvalue weighted by Crippen LogP contribution is 1.88.